The second kappa shape index (κ2) is 6.91. The Morgan fingerprint density at radius 1 is 1.24 bits per heavy atom. The highest BCUT2D eigenvalue weighted by Crippen LogP contribution is 2.28. The quantitative estimate of drug-likeness (QED) is 0.716. The summed E-state index contributed by atoms with van der Waals surface area (Å²) in [6.45, 7) is 3.03. The van der Waals surface area contributed by atoms with E-state index >= 15 is 0 Å². The highest BCUT2D eigenvalue weighted by atomic mass is 16.4. The second-order valence-corrected chi connectivity index (χ2v) is 6.24. The molecule has 1 heterocycles. The van der Waals surface area contributed by atoms with E-state index < -0.39 is 12.0 Å². The zero-order valence-corrected chi connectivity index (χ0v) is 12.5. The van der Waals surface area contributed by atoms with E-state index in [0.717, 1.165) is 19.3 Å². The summed E-state index contributed by atoms with van der Waals surface area (Å²) in [6.07, 6.45) is 4.18. The molecule has 2 unspecified atom stereocenters. The van der Waals surface area contributed by atoms with Crippen LogP contribution in [0.25, 0.3) is 0 Å². The molecular weight excluding hydrogens is 272 g/mol. The maximum absolute atomic E-state index is 12.2. The summed E-state index contributed by atoms with van der Waals surface area (Å²) in [5, 5.41) is 12.1. The summed E-state index contributed by atoms with van der Waals surface area (Å²) in [5.41, 5.74) is 0. The van der Waals surface area contributed by atoms with Gasteiger partial charge < -0.3 is 15.3 Å². The van der Waals surface area contributed by atoms with Crippen LogP contribution in [0.3, 0.4) is 0 Å². The van der Waals surface area contributed by atoms with Gasteiger partial charge in [0.1, 0.15) is 6.04 Å². The van der Waals surface area contributed by atoms with Crippen molar-refractivity contribution < 1.29 is 19.5 Å². The van der Waals surface area contributed by atoms with Gasteiger partial charge >= 0.3 is 5.97 Å². The molecule has 21 heavy (non-hydrogen) atoms. The fourth-order valence-electron chi connectivity index (χ4n) is 2.76. The molecule has 2 aliphatic rings. The molecule has 2 N–H and O–H groups in total. The van der Waals surface area contributed by atoms with E-state index in [1.165, 1.54) is 4.90 Å². The Kier molecular flexibility index (Phi) is 5.20. The van der Waals surface area contributed by atoms with E-state index in [4.69, 9.17) is 0 Å². The molecule has 1 saturated carbocycles. The topological polar surface area (TPSA) is 86.7 Å². The number of aliphatic carboxylic acids is 1. The van der Waals surface area contributed by atoms with Gasteiger partial charge in [-0.1, -0.05) is 6.92 Å². The zero-order valence-electron chi connectivity index (χ0n) is 12.5. The molecule has 2 atom stereocenters. The van der Waals surface area contributed by atoms with Crippen LogP contribution in [0.2, 0.25) is 0 Å². The van der Waals surface area contributed by atoms with E-state index in [9.17, 15) is 19.5 Å². The first-order valence-electron chi connectivity index (χ1n) is 7.79. The SMILES string of the molecule is CC1CCN(C(=O)CCCNC(=O)C2CC2)C(C(=O)O)C1. The maximum atomic E-state index is 12.2. The van der Waals surface area contributed by atoms with Crippen LogP contribution in [-0.4, -0.2) is 46.9 Å². The number of carboxylic acids is 1. The first kappa shape index (κ1) is 15.8. The van der Waals surface area contributed by atoms with Crippen molar-refractivity contribution in [3.63, 3.8) is 0 Å². The van der Waals surface area contributed by atoms with E-state index in [2.05, 4.69) is 5.32 Å². The summed E-state index contributed by atoms with van der Waals surface area (Å²) in [5.74, 6) is -0.432. The number of nitrogens with one attached hydrogen (secondary N) is 1. The van der Waals surface area contributed by atoms with Crippen LogP contribution in [0.5, 0.6) is 0 Å². The van der Waals surface area contributed by atoms with Gasteiger partial charge in [0.05, 0.1) is 0 Å². The fourth-order valence-corrected chi connectivity index (χ4v) is 2.76. The Bertz CT molecular complexity index is 420. The normalized spacial score (nSPS) is 25.5. The first-order valence-corrected chi connectivity index (χ1v) is 7.79. The van der Waals surface area contributed by atoms with Gasteiger partial charge in [-0.05, 0) is 38.0 Å². The number of carbonyl (C=O) groups excluding carboxylic acids is 2. The molecule has 0 aromatic rings. The van der Waals surface area contributed by atoms with Gasteiger partial charge in [0.2, 0.25) is 11.8 Å². The van der Waals surface area contributed by atoms with Gasteiger partial charge in [-0.3, -0.25) is 9.59 Å². The molecule has 118 valence electrons. The molecule has 1 saturated heterocycles. The second-order valence-electron chi connectivity index (χ2n) is 6.24. The minimum Gasteiger partial charge on any atom is -0.480 e. The average molecular weight is 296 g/mol. The van der Waals surface area contributed by atoms with Gasteiger partial charge in [0.15, 0.2) is 0 Å². The van der Waals surface area contributed by atoms with Crippen molar-refractivity contribution in [2.45, 2.75) is 51.5 Å². The van der Waals surface area contributed by atoms with Gasteiger partial charge in [0, 0.05) is 25.4 Å². The molecule has 6 nitrogen and oxygen atoms in total. The van der Waals surface area contributed by atoms with Crippen LogP contribution in [0, 0.1) is 11.8 Å². The molecular formula is C15H24N2O4. The molecule has 0 aromatic carbocycles. The zero-order chi connectivity index (χ0) is 15.4. The van der Waals surface area contributed by atoms with Crippen LogP contribution in [-0.2, 0) is 14.4 Å². The Labute approximate surface area is 124 Å². The molecule has 1 aliphatic heterocycles. The maximum Gasteiger partial charge on any atom is 0.326 e. The van der Waals surface area contributed by atoms with Crippen LogP contribution in [0.4, 0.5) is 0 Å². The van der Waals surface area contributed by atoms with E-state index in [1.807, 2.05) is 6.92 Å². The summed E-state index contributed by atoms with van der Waals surface area (Å²) < 4.78 is 0. The monoisotopic (exact) mass is 296 g/mol. The minimum atomic E-state index is -0.920. The number of likely N-dealkylation sites (tertiary alicyclic amines) is 1. The number of piperidine rings is 1. The smallest absolute Gasteiger partial charge is 0.326 e. The lowest BCUT2D eigenvalue weighted by atomic mass is 9.92. The van der Waals surface area contributed by atoms with Crippen molar-refractivity contribution >= 4 is 17.8 Å². The van der Waals surface area contributed by atoms with Gasteiger partial charge in [-0.25, -0.2) is 4.79 Å². The van der Waals surface area contributed by atoms with Gasteiger partial charge in [-0.2, -0.15) is 0 Å². The number of amides is 2. The predicted molar refractivity (Wildman–Crippen MR) is 76.5 cm³/mol. The molecule has 0 spiro atoms. The van der Waals surface area contributed by atoms with Crippen LogP contribution >= 0.6 is 0 Å². The molecule has 0 aromatic heterocycles. The number of carboxylic acid groups (broad SMARTS) is 1. The molecule has 2 amide bonds. The third kappa shape index (κ3) is 4.44. The van der Waals surface area contributed by atoms with Crippen molar-refractivity contribution in [1.82, 2.24) is 10.2 Å². The van der Waals surface area contributed by atoms with Crippen molar-refractivity contribution in [2.24, 2.45) is 11.8 Å². The lowest BCUT2D eigenvalue weighted by Crippen LogP contribution is -2.49. The Morgan fingerprint density at radius 3 is 2.57 bits per heavy atom. The predicted octanol–water partition coefficient (Wildman–Crippen LogP) is 1.00. The molecule has 0 radical (unpaired) electrons. The number of hydrogen-bond donors (Lipinski definition) is 2. The summed E-state index contributed by atoms with van der Waals surface area (Å²) >= 11 is 0. The van der Waals surface area contributed by atoms with Crippen LogP contribution in [0.1, 0.15) is 45.4 Å². The van der Waals surface area contributed by atoms with Gasteiger partial charge in [-0.15, -0.1) is 0 Å². The Hall–Kier alpha value is -1.59. The fraction of sp³-hybridized carbons (Fsp3) is 0.800. The number of carbonyl (C=O) groups is 3. The Balaban J connectivity index is 1.73. The third-order valence-electron chi connectivity index (χ3n) is 4.28. The largest absolute Gasteiger partial charge is 0.480 e. The van der Waals surface area contributed by atoms with Gasteiger partial charge in [0.25, 0.3) is 0 Å². The number of rotatable bonds is 6. The highest BCUT2D eigenvalue weighted by molar-refractivity contribution is 5.84. The lowest BCUT2D eigenvalue weighted by Gasteiger charge is -2.36. The van der Waals surface area contributed by atoms with Crippen molar-refractivity contribution in [3.8, 4) is 0 Å². The first-order chi connectivity index (χ1) is 9.99. The van der Waals surface area contributed by atoms with E-state index in [-0.39, 0.29) is 17.7 Å². The van der Waals surface area contributed by atoms with E-state index in [0.29, 0.717) is 38.3 Å². The number of hydrogen-bond acceptors (Lipinski definition) is 3. The molecule has 2 fully saturated rings. The summed E-state index contributed by atoms with van der Waals surface area (Å²) in [6, 6.07) is -0.692. The average Bonchev–Trinajstić information content (AvgIpc) is 3.27. The highest BCUT2D eigenvalue weighted by Gasteiger charge is 2.34. The molecule has 6 heteroatoms. The number of nitrogens with zero attached hydrogens (tertiary/aromatic N) is 1. The molecule has 1 aliphatic carbocycles. The molecule has 2 rings (SSSR count). The minimum absolute atomic E-state index is 0.0812. The van der Waals surface area contributed by atoms with Crippen molar-refractivity contribution in [2.75, 3.05) is 13.1 Å². The summed E-state index contributed by atoms with van der Waals surface area (Å²) in [7, 11) is 0. The van der Waals surface area contributed by atoms with Crippen molar-refractivity contribution in [1.29, 1.82) is 0 Å². The van der Waals surface area contributed by atoms with Crippen LogP contribution < -0.4 is 5.32 Å². The standard InChI is InChI=1S/C15H24N2O4/c1-10-6-8-17(12(9-10)15(20)21)13(18)3-2-7-16-14(19)11-4-5-11/h10-12H,2-9H2,1H3,(H,16,19)(H,20,21). The Morgan fingerprint density at radius 2 is 1.95 bits per heavy atom. The molecule has 0 bridgehead atoms. The summed E-state index contributed by atoms with van der Waals surface area (Å²) in [4.78, 5) is 36.4. The van der Waals surface area contributed by atoms with Crippen molar-refractivity contribution in [3.05, 3.63) is 0 Å². The van der Waals surface area contributed by atoms with E-state index in [1.54, 1.807) is 0 Å². The van der Waals surface area contributed by atoms with Crippen LogP contribution in [0.15, 0.2) is 0 Å². The lowest BCUT2D eigenvalue weighted by molar-refractivity contribution is -0.153. The third-order valence-corrected chi connectivity index (χ3v) is 4.28.